The van der Waals surface area contributed by atoms with Crippen molar-refractivity contribution < 1.29 is 9.53 Å². The molecular weight excluding hydrogens is 258 g/mol. The molecule has 3 nitrogen and oxygen atoms in total. The lowest BCUT2D eigenvalue weighted by Crippen LogP contribution is -2.33. The first-order chi connectivity index (χ1) is 9.10. The minimum atomic E-state index is -0.588. The highest BCUT2D eigenvalue weighted by atomic mass is 32.1. The SMILES string of the molecule is COC(=O)C(N)Cc1ccc(-c2ccc(C)cc2)s1. The van der Waals surface area contributed by atoms with Crippen molar-refractivity contribution in [3.05, 3.63) is 46.8 Å². The van der Waals surface area contributed by atoms with Gasteiger partial charge in [0.05, 0.1) is 7.11 Å². The van der Waals surface area contributed by atoms with Crippen molar-refractivity contribution in [2.24, 2.45) is 5.73 Å². The van der Waals surface area contributed by atoms with Gasteiger partial charge in [-0.05, 0) is 24.6 Å². The average molecular weight is 275 g/mol. The number of methoxy groups -OCH3 is 1. The van der Waals surface area contributed by atoms with Crippen LogP contribution in [0, 0.1) is 6.92 Å². The van der Waals surface area contributed by atoms with Gasteiger partial charge >= 0.3 is 5.97 Å². The molecule has 0 bridgehead atoms. The van der Waals surface area contributed by atoms with E-state index >= 15 is 0 Å². The molecule has 4 heteroatoms. The highest BCUT2D eigenvalue weighted by Gasteiger charge is 2.15. The van der Waals surface area contributed by atoms with Crippen LogP contribution in [0.25, 0.3) is 10.4 Å². The molecule has 0 saturated heterocycles. The third kappa shape index (κ3) is 3.43. The molecule has 0 amide bonds. The van der Waals surface area contributed by atoms with Gasteiger partial charge in [0.2, 0.25) is 0 Å². The molecule has 0 aliphatic heterocycles. The van der Waals surface area contributed by atoms with Gasteiger partial charge in [-0.25, -0.2) is 0 Å². The number of nitrogens with two attached hydrogens (primary N) is 1. The van der Waals surface area contributed by atoms with E-state index in [1.165, 1.54) is 23.1 Å². The molecule has 19 heavy (non-hydrogen) atoms. The second-order valence-corrected chi connectivity index (χ2v) is 5.63. The number of hydrogen-bond acceptors (Lipinski definition) is 4. The number of hydrogen-bond donors (Lipinski definition) is 1. The Morgan fingerprint density at radius 2 is 1.95 bits per heavy atom. The van der Waals surface area contributed by atoms with Crippen molar-refractivity contribution in [3.8, 4) is 10.4 Å². The standard InChI is InChI=1S/C15H17NO2S/c1-10-3-5-11(6-4-10)14-8-7-12(19-14)9-13(16)15(17)18-2/h3-8,13H,9,16H2,1-2H3. The van der Waals surface area contributed by atoms with Gasteiger partial charge in [0, 0.05) is 16.2 Å². The Hall–Kier alpha value is -1.65. The first-order valence-corrected chi connectivity index (χ1v) is 6.91. The molecule has 1 unspecified atom stereocenters. The molecule has 0 saturated carbocycles. The van der Waals surface area contributed by atoms with Crippen molar-refractivity contribution in [1.82, 2.24) is 0 Å². The number of carbonyl (C=O) groups is 1. The third-order valence-corrected chi connectivity index (χ3v) is 4.08. The maximum absolute atomic E-state index is 11.3. The number of esters is 1. The van der Waals surface area contributed by atoms with Crippen LogP contribution in [-0.4, -0.2) is 19.1 Å². The Morgan fingerprint density at radius 3 is 2.58 bits per heavy atom. The molecule has 2 N–H and O–H groups in total. The van der Waals surface area contributed by atoms with Gasteiger partial charge < -0.3 is 10.5 Å². The van der Waals surface area contributed by atoms with Crippen LogP contribution in [0.5, 0.6) is 0 Å². The lowest BCUT2D eigenvalue weighted by Gasteiger charge is -2.06. The van der Waals surface area contributed by atoms with Crippen LogP contribution >= 0.6 is 11.3 Å². The lowest BCUT2D eigenvalue weighted by atomic mass is 10.1. The summed E-state index contributed by atoms with van der Waals surface area (Å²) < 4.78 is 4.63. The molecule has 2 rings (SSSR count). The first-order valence-electron chi connectivity index (χ1n) is 6.09. The van der Waals surface area contributed by atoms with E-state index in [0.29, 0.717) is 6.42 Å². The predicted octanol–water partition coefficient (Wildman–Crippen LogP) is 2.77. The summed E-state index contributed by atoms with van der Waals surface area (Å²) in [4.78, 5) is 13.6. The second-order valence-electron chi connectivity index (χ2n) is 4.47. The molecule has 0 fully saturated rings. The number of benzene rings is 1. The summed E-state index contributed by atoms with van der Waals surface area (Å²) >= 11 is 1.66. The molecule has 2 aromatic rings. The van der Waals surface area contributed by atoms with E-state index in [0.717, 1.165) is 4.88 Å². The van der Waals surface area contributed by atoms with Gasteiger partial charge in [0.25, 0.3) is 0 Å². The Morgan fingerprint density at radius 1 is 1.26 bits per heavy atom. The molecule has 100 valence electrons. The van der Waals surface area contributed by atoms with E-state index in [-0.39, 0.29) is 5.97 Å². The average Bonchev–Trinajstić information content (AvgIpc) is 2.87. The summed E-state index contributed by atoms with van der Waals surface area (Å²) in [6, 6.07) is 11.9. The van der Waals surface area contributed by atoms with Gasteiger partial charge in [-0.3, -0.25) is 4.79 Å². The number of carbonyl (C=O) groups excluding carboxylic acids is 1. The molecule has 0 aliphatic rings. The van der Waals surface area contributed by atoms with Crippen molar-refractivity contribution in [1.29, 1.82) is 0 Å². The number of thiophene rings is 1. The molecular formula is C15H17NO2S. The lowest BCUT2D eigenvalue weighted by molar-refractivity contribution is -0.142. The Kier molecular flexibility index (Phi) is 4.35. The van der Waals surface area contributed by atoms with Crippen LogP contribution in [0.4, 0.5) is 0 Å². The minimum Gasteiger partial charge on any atom is -0.468 e. The van der Waals surface area contributed by atoms with Crippen LogP contribution in [0.1, 0.15) is 10.4 Å². The maximum atomic E-state index is 11.3. The molecule has 1 atom stereocenters. The summed E-state index contributed by atoms with van der Waals surface area (Å²) in [6.07, 6.45) is 0.517. The van der Waals surface area contributed by atoms with Gasteiger partial charge in [-0.2, -0.15) is 0 Å². The Bertz CT molecular complexity index is 560. The zero-order valence-electron chi connectivity index (χ0n) is 11.1. The first kappa shape index (κ1) is 13.8. The number of aryl methyl sites for hydroxylation is 1. The Labute approximate surface area is 117 Å². The summed E-state index contributed by atoms with van der Waals surface area (Å²) in [7, 11) is 1.36. The highest BCUT2D eigenvalue weighted by molar-refractivity contribution is 7.15. The van der Waals surface area contributed by atoms with E-state index < -0.39 is 6.04 Å². The van der Waals surface area contributed by atoms with E-state index in [1.54, 1.807) is 11.3 Å². The van der Waals surface area contributed by atoms with Crippen molar-refractivity contribution in [2.45, 2.75) is 19.4 Å². The molecule has 0 aliphatic carbocycles. The highest BCUT2D eigenvalue weighted by Crippen LogP contribution is 2.28. The van der Waals surface area contributed by atoms with Crippen molar-refractivity contribution >= 4 is 17.3 Å². The fourth-order valence-electron chi connectivity index (χ4n) is 1.81. The molecule has 0 spiro atoms. The van der Waals surface area contributed by atoms with Crippen LogP contribution in [0.3, 0.4) is 0 Å². The van der Waals surface area contributed by atoms with E-state index in [2.05, 4.69) is 42.0 Å². The smallest absolute Gasteiger partial charge is 0.323 e. The Balaban J connectivity index is 2.11. The van der Waals surface area contributed by atoms with Crippen molar-refractivity contribution in [3.63, 3.8) is 0 Å². The van der Waals surface area contributed by atoms with Crippen LogP contribution in [0.2, 0.25) is 0 Å². The van der Waals surface area contributed by atoms with E-state index in [4.69, 9.17) is 5.73 Å². The molecule has 0 radical (unpaired) electrons. The number of ether oxygens (including phenoxy) is 1. The van der Waals surface area contributed by atoms with Crippen LogP contribution < -0.4 is 5.73 Å². The van der Waals surface area contributed by atoms with Gasteiger partial charge in [-0.1, -0.05) is 29.8 Å². The zero-order valence-corrected chi connectivity index (χ0v) is 11.9. The molecule has 1 heterocycles. The summed E-state index contributed by atoms with van der Waals surface area (Å²) in [5, 5.41) is 0. The van der Waals surface area contributed by atoms with Crippen molar-refractivity contribution in [2.75, 3.05) is 7.11 Å². The fourth-order valence-corrected chi connectivity index (χ4v) is 2.88. The topological polar surface area (TPSA) is 52.3 Å². The van der Waals surface area contributed by atoms with E-state index in [9.17, 15) is 4.79 Å². The molecule has 1 aromatic heterocycles. The minimum absolute atomic E-state index is 0.370. The van der Waals surface area contributed by atoms with Gasteiger partial charge in [0.1, 0.15) is 6.04 Å². The second kappa shape index (κ2) is 5.99. The largest absolute Gasteiger partial charge is 0.468 e. The van der Waals surface area contributed by atoms with Gasteiger partial charge in [0.15, 0.2) is 0 Å². The fraction of sp³-hybridized carbons (Fsp3) is 0.267. The summed E-state index contributed by atoms with van der Waals surface area (Å²) in [6.45, 7) is 2.07. The monoisotopic (exact) mass is 275 g/mol. The summed E-state index contributed by atoms with van der Waals surface area (Å²) in [5.74, 6) is -0.370. The van der Waals surface area contributed by atoms with Crippen LogP contribution in [-0.2, 0) is 16.0 Å². The predicted molar refractivity (Wildman–Crippen MR) is 78.2 cm³/mol. The summed E-state index contributed by atoms with van der Waals surface area (Å²) in [5.41, 5.74) is 8.19. The third-order valence-electron chi connectivity index (χ3n) is 2.92. The zero-order chi connectivity index (χ0) is 13.8. The molecule has 1 aromatic carbocycles. The van der Waals surface area contributed by atoms with Gasteiger partial charge in [-0.15, -0.1) is 11.3 Å². The number of rotatable bonds is 4. The quantitative estimate of drug-likeness (QED) is 0.873. The normalized spacial score (nSPS) is 12.2. The van der Waals surface area contributed by atoms with Crippen LogP contribution in [0.15, 0.2) is 36.4 Å². The van der Waals surface area contributed by atoms with E-state index in [1.807, 2.05) is 6.07 Å². The maximum Gasteiger partial charge on any atom is 0.323 e.